The van der Waals surface area contributed by atoms with Gasteiger partial charge in [0.2, 0.25) is 0 Å². The minimum absolute atomic E-state index is 0.142. The quantitative estimate of drug-likeness (QED) is 0.117. The number of carbonyl (C=O) groups is 2. The Balaban J connectivity index is 1.67. The number of non-ortho nitro benzene ring substituents is 1. The molecule has 0 aromatic heterocycles. The lowest BCUT2D eigenvalue weighted by atomic mass is 9.75. The summed E-state index contributed by atoms with van der Waals surface area (Å²) in [6.45, 7) is 3.73. The summed E-state index contributed by atoms with van der Waals surface area (Å²) in [5.74, 6) is -2.18. The molecular weight excluding hydrogens is 520 g/mol. The average Bonchev–Trinajstić information content (AvgIpc) is 2.93. The van der Waals surface area contributed by atoms with Crippen molar-refractivity contribution >= 4 is 35.1 Å². The summed E-state index contributed by atoms with van der Waals surface area (Å²) >= 11 is 1.66. The number of allylic oxidation sites excluding steroid dienone is 1. The molecule has 3 rings (SSSR count). The van der Waals surface area contributed by atoms with Crippen molar-refractivity contribution in [2.45, 2.75) is 50.3 Å². The number of thioether (sulfide) groups is 1. The van der Waals surface area contributed by atoms with Crippen LogP contribution in [0.4, 0.5) is 5.69 Å². The molecule has 2 atom stereocenters. The van der Waals surface area contributed by atoms with Crippen LogP contribution in [0.25, 0.3) is 0 Å². The summed E-state index contributed by atoms with van der Waals surface area (Å²) in [5, 5.41) is 20.3. The molecule has 2 aromatic rings. The van der Waals surface area contributed by atoms with E-state index in [4.69, 9.17) is 14.6 Å². The minimum Gasteiger partial charge on any atom is -0.468 e. The van der Waals surface area contributed by atoms with Crippen LogP contribution in [0.5, 0.6) is 0 Å². The normalized spacial score (nSPS) is 17.0. The van der Waals surface area contributed by atoms with Crippen LogP contribution in [0, 0.1) is 16.0 Å². The first-order chi connectivity index (χ1) is 18.8. The number of nitrogens with zero attached hydrogens (tertiary/aromatic N) is 2. The summed E-state index contributed by atoms with van der Waals surface area (Å²) in [6.07, 6.45) is 3.31. The number of esters is 2. The molecule has 10 heteroatoms. The zero-order chi connectivity index (χ0) is 28.4. The van der Waals surface area contributed by atoms with E-state index in [1.165, 1.54) is 30.9 Å². The largest absolute Gasteiger partial charge is 0.468 e. The fourth-order valence-corrected chi connectivity index (χ4v) is 5.44. The first kappa shape index (κ1) is 30.0. The van der Waals surface area contributed by atoms with E-state index >= 15 is 0 Å². The molecule has 1 aliphatic heterocycles. The van der Waals surface area contributed by atoms with Gasteiger partial charge in [0.25, 0.3) is 5.69 Å². The molecule has 0 radical (unpaired) electrons. The number of hydrogen-bond acceptors (Lipinski definition) is 9. The zero-order valence-electron chi connectivity index (χ0n) is 22.4. The molecule has 1 heterocycles. The van der Waals surface area contributed by atoms with Crippen LogP contribution in [-0.4, -0.2) is 53.8 Å². The first-order valence-electron chi connectivity index (χ1n) is 12.8. The molecule has 39 heavy (non-hydrogen) atoms. The Labute approximate surface area is 232 Å². The summed E-state index contributed by atoms with van der Waals surface area (Å²) in [6, 6.07) is 14.2. The lowest BCUT2D eigenvalue weighted by Crippen LogP contribution is -2.36. The first-order valence-corrected chi connectivity index (χ1v) is 13.8. The molecule has 0 saturated heterocycles. The number of aliphatic imine (C=N–C) groups is 1. The number of unbranched alkanes of at least 4 members (excludes halogenated alkanes) is 1. The van der Waals surface area contributed by atoms with E-state index in [0.717, 1.165) is 29.9 Å². The van der Waals surface area contributed by atoms with Gasteiger partial charge in [-0.05, 0) is 62.8 Å². The van der Waals surface area contributed by atoms with Crippen molar-refractivity contribution in [1.29, 1.82) is 0 Å². The third-order valence-corrected chi connectivity index (χ3v) is 7.63. The van der Waals surface area contributed by atoms with Crippen molar-refractivity contribution in [3.05, 3.63) is 81.0 Å². The Morgan fingerprint density at radius 3 is 2.51 bits per heavy atom. The van der Waals surface area contributed by atoms with Gasteiger partial charge in [0, 0.05) is 46.7 Å². The second kappa shape index (κ2) is 14.6. The fourth-order valence-electron chi connectivity index (χ4n) is 4.61. The highest BCUT2D eigenvalue weighted by Crippen LogP contribution is 2.41. The number of aryl methyl sites for hydroxylation is 1. The van der Waals surface area contributed by atoms with Crippen molar-refractivity contribution in [3.63, 3.8) is 0 Å². The van der Waals surface area contributed by atoms with E-state index in [9.17, 15) is 19.7 Å². The van der Waals surface area contributed by atoms with Crippen molar-refractivity contribution in [1.82, 2.24) is 0 Å². The summed E-state index contributed by atoms with van der Waals surface area (Å²) in [4.78, 5) is 42.5. The Bertz CT molecular complexity index is 1240. The molecule has 9 nitrogen and oxygen atoms in total. The average molecular weight is 555 g/mol. The maximum Gasteiger partial charge on any atom is 0.336 e. The molecule has 0 amide bonds. The molecule has 1 N–H and O–H groups in total. The maximum atomic E-state index is 13.3. The Morgan fingerprint density at radius 2 is 1.85 bits per heavy atom. The zero-order valence-corrected chi connectivity index (χ0v) is 23.2. The second-order valence-electron chi connectivity index (χ2n) is 9.25. The molecule has 0 fully saturated rings. The van der Waals surface area contributed by atoms with Crippen molar-refractivity contribution in [2.24, 2.45) is 10.9 Å². The van der Waals surface area contributed by atoms with Crippen LogP contribution in [0.15, 0.2) is 69.7 Å². The topological polar surface area (TPSA) is 128 Å². The van der Waals surface area contributed by atoms with Crippen molar-refractivity contribution in [3.8, 4) is 0 Å². The lowest BCUT2D eigenvalue weighted by Gasteiger charge is -2.31. The standard InChI is InChI=1S/C29H34N2O7S/c1-19-25(28(33)37-3)27(22-9-6-10-23(18-22)31(35)36)26(20(2)30-19)29(34)38-16-7-17-39-24-13-11-21(12-14-24)8-4-5-15-32/h6,9-14,18,25,27,32H,4-5,7-8,15-17H2,1-3H3. The van der Waals surface area contributed by atoms with E-state index in [0.29, 0.717) is 23.4 Å². The number of aliphatic hydroxyl groups excluding tert-OH is 1. The number of rotatable bonds is 13. The molecule has 208 valence electrons. The van der Waals surface area contributed by atoms with Gasteiger partial charge in [-0.25, -0.2) is 4.79 Å². The van der Waals surface area contributed by atoms with Crippen LogP contribution in [0.1, 0.15) is 50.2 Å². The molecule has 1 aliphatic rings. The number of benzene rings is 2. The number of aliphatic hydroxyl groups is 1. The second-order valence-corrected chi connectivity index (χ2v) is 10.4. The molecular formula is C29H34N2O7S. The highest BCUT2D eigenvalue weighted by atomic mass is 32.2. The van der Waals surface area contributed by atoms with Crippen LogP contribution in [-0.2, 0) is 25.5 Å². The van der Waals surface area contributed by atoms with Crippen molar-refractivity contribution in [2.75, 3.05) is 26.1 Å². The predicted molar refractivity (Wildman–Crippen MR) is 150 cm³/mol. The van der Waals surface area contributed by atoms with E-state index in [1.54, 1.807) is 31.7 Å². The van der Waals surface area contributed by atoms with Crippen LogP contribution < -0.4 is 0 Å². The summed E-state index contributed by atoms with van der Waals surface area (Å²) < 4.78 is 10.6. The van der Waals surface area contributed by atoms with Crippen LogP contribution in [0.2, 0.25) is 0 Å². The highest BCUT2D eigenvalue weighted by Gasteiger charge is 2.42. The Morgan fingerprint density at radius 1 is 1.10 bits per heavy atom. The van der Waals surface area contributed by atoms with Gasteiger partial charge in [-0.1, -0.05) is 24.3 Å². The number of hydrogen-bond donors (Lipinski definition) is 1. The van der Waals surface area contributed by atoms with Gasteiger partial charge in [0.1, 0.15) is 5.92 Å². The fraction of sp³-hybridized carbons (Fsp3) is 0.414. The molecule has 0 saturated carbocycles. The van der Waals surface area contributed by atoms with Crippen molar-refractivity contribution < 1.29 is 29.1 Å². The van der Waals surface area contributed by atoms with Gasteiger partial charge in [-0.15, -0.1) is 11.8 Å². The third kappa shape index (κ3) is 8.00. The number of nitro benzene ring substituents is 1. The summed E-state index contributed by atoms with van der Waals surface area (Å²) in [5.41, 5.74) is 2.60. The number of carbonyl (C=O) groups excluding carboxylic acids is 2. The lowest BCUT2D eigenvalue weighted by molar-refractivity contribution is -0.384. The van der Waals surface area contributed by atoms with Gasteiger partial charge in [0.15, 0.2) is 0 Å². The van der Waals surface area contributed by atoms with Crippen LogP contribution >= 0.6 is 11.8 Å². The number of ether oxygens (including phenoxy) is 2. The van der Waals surface area contributed by atoms with Gasteiger partial charge in [-0.3, -0.25) is 19.9 Å². The molecule has 0 spiro atoms. The smallest absolute Gasteiger partial charge is 0.336 e. The number of nitro groups is 1. The minimum atomic E-state index is -0.912. The van der Waals surface area contributed by atoms with E-state index in [1.807, 2.05) is 0 Å². The van der Waals surface area contributed by atoms with E-state index in [-0.39, 0.29) is 24.5 Å². The summed E-state index contributed by atoms with van der Waals surface area (Å²) in [7, 11) is 1.26. The van der Waals surface area contributed by atoms with Gasteiger partial charge in [0.05, 0.1) is 24.2 Å². The SMILES string of the molecule is COC(=O)C1C(C)=NC(C)=C(C(=O)OCCCSc2ccc(CCCCO)cc2)C1c1cccc([N+](=O)[O-])c1. The third-order valence-electron chi connectivity index (χ3n) is 6.53. The van der Waals surface area contributed by atoms with Gasteiger partial charge in [-0.2, -0.15) is 0 Å². The van der Waals surface area contributed by atoms with E-state index < -0.39 is 28.7 Å². The molecule has 0 aliphatic carbocycles. The molecule has 0 bridgehead atoms. The maximum absolute atomic E-state index is 13.3. The Hall–Kier alpha value is -3.50. The number of methoxy groups -OCH3 is 1. The molecule has 2 aromatic carbocycles. The van der Waals surface area contributed by atoms with Crippen LogP contribution in [0.3, 0.4) is 0 Å². The monoisotopic (exact) mass is 554 g/mol. The Kier molecular flexibility index (Phi) is 11.2. The predicted octanol–water partition coefficient (Wildman–Crippen LogP) is 5.26. The van der Waals surface area contributed by atoms with E-state index in [2.05, 4.69) is 29.3 Å². The van der Waals surface area contributed by atoms with Gasteiger partial charge >= 0.3 is 11.9 Å². The van der Waals surface area contributed by atoms with Gasteiger partial charge < -0.3 is 14.6 Å². The highest BCUT2D eigenvalue weighted by molar-refractivity contribution is 7.99. The molecule has 2 unspecified atom stereocenters.